The molecule has 0 aliphatic rings. The number of aromatic nitrogens is 1. The minimum Gasteiger partial charge on any atom is -0.477 e. The molecular weight excluding hydrogens is 354 g/mol. The maximum absolute atomic E-state index is 12.4. The molecule has 0 atom stereocenters. The first-order valence-corrected chi connectivity index (χ1v) is 9.18. The van der Waals surface area contributed by atoms with Crippen molar-refractivity contribution in [3.8, 4) is 11.1 Å². The molecule has 6 nitrogen and oxygen atoms in total. The lowest BCUT2D eigenvalue weighted by atomic mass is 10.1. The van der Waals surface area contributed by atoms with E-state index in [0.717, 1.165) is 15.0 Å². The maximum atomic E-state index is 12.4. The molecule has 0 spiro atoms. The molecule has 0 saturated carbocycles. The second-order valence-corrected chi connectivity index (χ2v) is 7.52. The van der Waals surface area contributed by atoms with Crippen LogP contribution in [0, 0.1) is 0 Å². The second kappa shape index (κ2) is 7.78. The van der Waals surface area contributed by atoms with Crippen LogP contribution in [0.5, 0.6) is 0 Å². The van der Waals surface area contributed by atoms with Gasteiger partial charge in [0, 0.05) is 16.7 Å². The smallest absolute Gasteiger partial charge is 0.341 e. The average molecular weight is 375 g/mol. The summed E-state index contributed by atoms with van der Waals surface area (Å²) in [7, 11) is 0. The van der Waals surface area contributed by atoms with Crippen molar-refractivity contribution in [3.63, 3.8) is 0 Å². The number of benzene rings is 1. The average Bonchev–Trinajstić information content (AvgIpc) is 2.54. The number of nitrogens with zero attached hydrogens (tertiary/aromatic N) is 1. The Hall–Kier alpha value is -2.54. The lowest BCUT2D eigenvalue weighted by molar-refractivity contribution is -0.155. The predicted molar refractivity (Wildman–Crippen MR) is 101 cm³/mol. The number of esters is 1. The monoisotopic (exact) mass is 375 g/mol. The van der Waals surface area contributed by atoms with Crippen LogP contribution in [0.1, 0.15) is 31.1 Å². The van der Waals surface area contributed by atoms with Gasteiger partial charge < -0.3 is 14.4 Å². The van der Waals surface area contributed by atoms with Gasteiger partial charge in [0.2, 0.25) is 0 Å². The van der Waals surface area contributed by atoms with E-state index < -0.39 is 23.1 Å². The van der Waals surface area contributed by atoms with Crippen LogP contribution >= 0.6 is 11.8 Å². The molecule has 2 aromatic rings. The summed E-state index contributed by atoms with van der Waals surface area (Å²) in [5, 5.41) is 9.37. The van der Waals surface area contributed by atoms with E-state index in [1.807, 2.05) is 30.5 Å². The first-order valence-electron chi connectivity index (χ1n) is 7.95. The standard InChI is InChI=1S/C19H21NO5S/c1-19(2,3)25-16(21)11-20-10-12(9-14(17(20)22)18(23)24)13-7-5-6-8-15(13)26-4/h5-10H,11H2,1-4H3,(H,23,24). The van der Waals surface area contributed by atoms with E-state index in [1.165, 1.54) is 24.0 Å². The molecule has 0 fully saturated rings. The number of aromatic carboxylic acids is 1. The van der Waals surface area contributed by atoms with Gasteiger partial charge in [-0.1, -0.05) is 18.2 Å². The summed E-state index contributed by atoms with van der Waals surface area (Å²) in [6, 6.07) is 8.80. The van der Waals surface area contributed by atoms with E-state index in [4.69, 9.17) is 4.74 Å². The zero-order valence-electron chi connectivity index (χ0n) is 15.1. The molecule has 0 saturated heterocycles. The van der Waals surface area contributed by atoms with Crippen molar-refractivity contribution in [2.45, 2.75) is 37.8 Å². The number of hydrogen-bond donors (Lipinski definition) is 1. The topological polar surface area (TPSA) is 85.6 Å². The van der Waals surface area contributed by atoms with E-state index in [2.05, 4.69) is 0 Å². The molecule has 0 unspecified atom stereocenters. The van der Waals surface area contributed by atoms with Crippen LogP contribution in [-0.2, 0) is 16.1 Å². The normalized spacial score (nSPS) is 11.2. The fourth-order valence-corrected chi connectivity index (χ4v) is 3.07. The van der Waals surface area contributed by atoms with Gasteiger partial charge in [-0.25, -0.2) is 4.79 Å². The quantitative estimate of drug-likeness (QED) is 0.638. The maximum Gasteiger partial charge on any atom is 0.341 e. The summed E-state index contributed by atoms with van der Waals surface area (Å²) in [6.45, 7) is 4.82. The Morgan fingerprint density at radius 2 is 1.88 bits per heavy atom. The van der Waals surface area contributed by atoms with Crippen LogP contribution in [0.2, 0.25) is 0 Å². The highest BCUT2D eigenvalue weighted by Gasteiger charge is 2.20. The molecule has 26 heavy (non-hydrogen) atoms. The van der Waals surface area contributed by atoms with Crippen LogP contribution in [-0.4, -0.2) is 33.5 Å². The van der Waals surface area contributed by atoms with Crippen molar-refractivity contribution < 1.29 is 19.4 Å². The molecule has 7 heteroatoms. The number of carboxylic acids is 1. The van der Waals surface area contributed by atoms with Crippen LogP contribution in [0.15, 0.2) is 46.2 Å². The highest BCUT2D eigenvalue weighted by Crippen LogP contribution is 2.29. The zero-order chi connectivity index (χ0) is 19.5. The first-order chi connectivity index (χ1) is 12.1. The predicted octanol–water partition coefficient (Wildman–Crippen LogP) is 3.28. The van der Waals surface area contributed by atoms with Gasteiger partial charge in [0.05, 0.1) is 0 Å². The third kappa shape index (κ3) is 4.76. The third-order valence-electron chi connectivity index (χ3n) is 3.45. The molecule has 1 heterocycles. The molecule has 0 aliphatic carbocycles. The summed E-state index contributed by atoms with van der Waals surface area (Å²) in [4.78, 5) is 36.9. The van der Waals surface area contributed by atoms with E-state index in [0.29, 0.717) is 5.56 Å². The number of carboxylic acid groups (broad SMARTS) is 1. The van der Waals surface area contributed by atoms with Crippen LogP contribution in [0.25, 0.3) is 11.1 Å². The Bertz CT molecular complexity index is 896. The van der Waals surface area contributed by atoms with Crippen molar-refractivity contribution >= 4 is 23.7 Å². The summed E-state index contributed by atoms with van der Waals surface area (Å²) < 4.78 is 6.32. The highest BCUT2D eigenvalue weighted by molar-refractivity contribution is 7.98. The van der Waals surface area contributed by atoms with Crippen molar-refractivity contribution in [1.29, 1.82) is 0 Å². The summed E-state index contributed by atoms with van der Waals surface area (Å²) in [6.07, 6.45) is 3.40. The minimum absolute atomic E-state index is 0.355. The van der Waals surface area contributed by atoms with Crippen LogP contribution in [0.3, 0.4) is 0 Å². The van der Waals surface area contributed by atoms with Crippen molar-refractivity contribution in [3.05, 3.63) is 52.4 Å². The largest absolute Gasteiger partial charge is 0.477 e. The van der Waals surface area contributed by atoms with E-state index in [-0.39, 0.29) is 12.1 Å². The fraction of sp³-hybridized carbons (Fsp3) is 0.316. The first kappa shape index (κ1) is 19.8. The number of pyridine rings is 1. The number of hydrogen-bond acceptors (Lipinski definition) is 5. The number of ether oxygens (including phenoxy) is 1. The Labute approximate surface area is 155 Å². The Balaban J connectivity index is 2.55. The van der Waals surface area contributed by atoms with Gasteiger partial charge in [0.1, 0.15) is 17.7 Å². The number of thioether (sulfide) groups is 1. The van der Waals surface area contributed by atoms with Gasteiger partial charge in [-0.15, -0.1) is 11.8 Å². The molecule has 2 rings (SSSR count). The lowest BCUT2D eigenvalue weighted by Gasteiger charge is -2.20. The van der Waals surface area contributed by atoms with Gasteiger partial charge in [-0.05, 0) is 44.7 Å². The zero-order valence-corrected chi connectivity index (χ0v) is 15.9. The Kier molecular flexibility index (Phi) is 5.92. The van der Waals surface area contributed by atoms with Crippen LogP contribution in [0.4, 0.5) is 0 Å². The summed E-state index contributed by atoms with van der Waals surface area (Å²) >= 11 is 1.51. The molecule has 1 aromatic heterocycles. The van der Waals surface area contributed by atoms with E-state index >= 15 is 0 Å². The molecule has 0 radical (unpaired) electrons. The number of carbonyl (C=O) groups excluding carboxylic acids is 1. The van der Waals surface area contributed by atoms with Gasteiger partial charge in [-0.2, -0.15) is 0 Å². The molecule has 0 amide bonds. The summed E-state index contributed by atoms with van der Waals surface area (Å²) in [5.41, 5.74) is -0.481. The van der Waals surface area contributed by atoms with Crippen molar-refractivity contribution in [1.82, 2.24) is 4.57 Å². The number of carbonyl (C=O) groups is 2. The highest BCUT2D eigenvalue weighted by atomic mass is 32.2. The molecule has 138 valence electrons. The van der Waals surface area contributed by atoms with Gasteiger partial charge in [0.15, 0.2) is 0 Å². The van der Waals surface area contributed by atoms with Crippen molar-refractivity contribution in [2.75, 3.05) is 6.26 Å². The molecule has 0 bridgehead atoms. The van der Waals surface area contributed by atoms with E-state index in [1.54, 1.807) is 20.8 Å². The fourth-order valence-electron chi connectivity index (χ4n) is 2.45. The van der Waals surface area contributed by atoms with Gasteiger partial charge in [-0.3, -0.25) is 9.59 Å². The Morgan fingerprint density at radius 1 is 1.23 bits per heavy atom. The molecule has 0 aliphatic heterocycles. The third-order valence-corrected chi connectivity index (χ3v) is 4.25. The Morgan fingerprint density at radius 3 is 2.46 bits per heavy atom. The molecule has 1 aromatic carbocycles. The van der Waals surface area contributed by atoms with Gasteiger partial charge in [0.25, 0.3) is 5.56 Å². The molecule has 1 N–H and O–H groups in total. The van der Waals surface area contributed by atoms with Gasteiger partial charge >= 0.3 is 11.9 Å². The molecular formula is C19H21NO5S. The number of rotatable bonds is 5. The minimum atomic E-state index is -1.34. The van der Waals surface area contributed by atoms with E-state index in [9.17, 15) is 19.5 Å². The SMILES string of the molecule is CSc1ccccc1-c1cc(C(=O)O)c(=O)n(CC(=O)OC(C)(C)C)c1. The second-order valence-electron chi connectivity index (χ2n) is 6.67. The lowest BCUT2D eigenvalue weighted by Crippen LogP contribution is -2.32. The summed E-state index contributed by atoms with van der Waals surface area (Å²) in [5.74, 6) is -1.94. The van der Waals surface area contributed by atoms with Crippen LogP contribution < -0.4 is 5.56 Å². The van der Waals surface area contributed by atoms with Crippen molar-refractivity contribution in [2.24, 2.45) is 0 Å².